The lowest BCUT2D eigenvalue weighted by Gasteiger charge is -2.35. The van der Waals surface area contributed by atoms with Crippen LogP contribution in [0.4, 0.5) is 18.9 Å². The van der Waals surface area contributed by atoms with Crippen LogP contribution in [0.2, 0.25) is 0 Å². The van der Waals surface area contributed by atoms with Crippen LogP contribution in [-0.4, -0.2) is 41.0 Å². The Balaban J connectivity index is 1.44. The highest BCUT2D eigenvalue weighted by molar-refractivity contribution is 6.06. The fourth-order valence-corrected chi connectivity index (χ4v) is 3.85. The van der Waals surface area contributed by atoms with Gasteiger partial charge in [-0.25, -0.2) is 13.2 Å². The van der Waals surface area contributed by atoms with E-state index in [0.717, 1.165) is 30.7 Å². The molecule has 2 aliphatic rings. The van der Waals surface area contributed by atoms with E-state index in [4.69, 9.17) is 0 Å². The quantitative estimate of drug-likeness (QED) is 0.658. The number of anilines is 1. The predicted molar refractivity (Wildman–Crippen MR) is 94.1 cm³/mol. The number of carbonyl (C=O) groups is 1. The summed E-state index contributed by atoms with van der Waals surface area (Å²) in [5.41, 5.74) is 0.291. The number of allylic oxidation sites excluding steroid dienone is 1. The van der Waals surface area contributed by atoms with Crippen LogP contribution in [0.3, 0.4) is 0 Å². The van der Waals surface area contributed by atoms with E-state index < -0.39 is 23.2 Å². The summed E-state index contributed by atoms with van der Waals surface area (Å²) < 4.78 is 40.4. The molecule has 4 rings (SSSR count). The predicted octanol–water partition coefficient (Wildman–Crippen LogP) is 3.47. The summed E-state index contributed by atoms with van der Waals surface area (Å²) in [5.74, 6) is -2.55. The lowest BCUT2D eigenvalue weighted by Crippen LogP contribution is -2.44. The molecule has 4 nitrogen and oxygen atoms in total. The first-order valence-electron chi connectivity index (χ1n) is 8.61. The van der Waals surface area contributed by atoms with Gasteiger partial charge in [-0.15, -0.1) is 0 Å². The van der Waals surface area contributed by atoms with E-state index in [9.17, 15) is 23.1 Å². The molecule has 0 unspecified atom stereocenters. The molecule has 2 bridgehead atoms. The van der Waals surface area contributed by atoms with Crippen LogP contribution in [0.5, 0.6) is 5.75 Å². The van der Waals surface area contributed by atoms with Gasteiger partial charge in [0.2, 0.25) is 0 Å². The molecular formula is C20H17F3N2O2. The van der Waals surface area contributed by atoms with Crippen LogP contribution in [0.15, 0.2) is 48.7 Å². The summed E-state index contributed by atoms with van der Waals surface area (Å²) in [6.45, 7) is 1.16. The van der Waals surface area contributed by atoms with Gasteiger partial charge in [0.1, 0.15) is 23.2 Å². The maximum absolute atomic E-state index is 14.0. The number of ketones is 1. The zero-order valence-corrected chi connectivity index (χ0v) is 14.3. The van der Waals surface area contributed by atoms with Crippen molar-refractivity contribution in [3.8, 4) is 5.75 Å². The van der Waals surface area contributed by atoms with Crippen molar-refractivity contribution in [2.75, 3.05) is 18.0 Å². The number of piperazine rings is 1. The van der Waals surface area contributed by atoms with Gasteiger partial charge in [0.05, 0.1) is 11.3 Å². The van der Waals surface area contributed by atoms with E-state index in [2.05, 4.69) is 0 Å². The second-order valence-electron chi connectivity index (χ2n) is 6.83. The first-order valence-corrected chi connectivity index (χ1v) is 8.61. The molecule has 0 spiro atoms. The zero-order chi connectivity index (χ0) is 19.1. The highest BCUT2D eigenvalue weighted by atomic mass is 19.1. The third kappa shape index (κ3) is 3.25. The number of fused-ring (bicyclic) bond motifs is 2. The molecule has 2 heterocycles. The highest BCUT2D eigenvalue weighted by Crippen LogP contribution is 2.36. The number of likely N-dealkylation sites (tertiary alicyclic amines) is 1. The SMILES string of the molecule is O=C(/C=C/N1C[C@H]2C[C@@H]1CN2c1ccc(F)cc1F)c1cc(F)ccc1O. The number of hydrogen-bond acceptors (Lipinski definition) is 4. The molecule has 27 heavy (non-hydrogen) atoms. The van der Waals surface area contributed by atoms with Gasteiger partial charge in [-0.05, 0) is 36.8 Å². The van der Waals surface area contributed by atoms with E-state index in [1.165, 1.54) is 18.2 Å². The van der Waals surface area contributed by atoms with Gasteiger partial charge >= 0.3 is 0 Å². The Morgan fingerprint density at radius 1 is 1.04 bits per heavy atom. The smallest absolute Gasteiger partial charge is 0.191 e. The Bertz CT molecular complexity index is 931. The van der Waals surface area contributed by atoms with Gasteiger partial charge in [0.25, 0.3) is 0 Å². The minimum absolute atomic E-state index is 0.0669. The van der Waals surface area contributed by atoms with E-state index in [-0.39, 0.29) is 23.4 Å². The Morgan fingerprint density at radius 2 is 1.78 bits per heavy atom. The summed E-state index contributed by atoms with van der Waals surface area (Å²) in [5, 5.41) is 9.70. The normalized spacial score (nSPS) is 21.4. The lowest BCUT2D eigenvalue weighted by molar-refractivity contribution is 0.104. The summed E-state index contributed by atoms with van der Waals surface area (Å²) in [6.07, 6.45) is 3.74. The molecule has 2 aromatic carbocycles. The summed E-state index contributed by atoms with van der Waals surface area (Å²) in [4.78, 5) is 16.1. The number of halogens is 3. The monoisotopic (exact) mass is 374 g/mol. The van der Waals surface area contributed by atoms with Crippen LogP contribution >= 0.6 is 0 Å². The summed E-state index contributed by atoms with van der Waals surface area (Å²) in [6, 6.07) is 6.96. The van der Waals surface area contributed by atoms with Gasteiger partial charge in [-0.3, -0.25) is 4.79 Å². The summed E-state index contributed by atoms with van der Waals surface area (Å²) >= 11 is 0. The average Bonchev–Trinajstić information content (AvgIpc) is 3.22. The van der Waals surface area contributed by atoms with Crippen molar-refractivity contribution < 1.29 is 23.1 Å². The number of aromatic hydroxyl groups is 1. The molecule has 2 aliphatic heterocycles. The van der Waals surface area contributed by atoms with Crippen molar-refractivity contribution in [2.45, 2.75) is 18.5 Å². The Labute approximate surface area is 154 Å². The number of phenolic OH excluding ortho intramolecular Hbond substituents is 1. The molecule has 0 aliphatic carbocycles. The molecule has 7 heteroatoms. The van der Waals surface area contributed by atoms with Crippen molar-refractivity contribution >= 4 is 11.5 Å². The molecule has 2 aromatic rings. The Morgan fingerprint density at radius 3 is 2.48 bits per heavy atom. The van der Waals surface area contributed by atoms with E-state index in [1.807, 2.05) is 9.80 Å². The van der Waals surface area contributed by atoms with E-state index in [0.29, 0.717) is 18.8 Å². The first kappa shape index (κ1) is 17.5. The average molecular weight is 374 g/mol. The fraction of sp³-hybridized carbons (Fsp3) is 0.250. The largest absolute Gasteiger partial charge is 0.507 e. The minimum Gasteiger partial charge on any atom is -0.507 e. The van der Waals surface area contributed by atoms with Crippen LogP contribution < -0.4 is 4.90 Å². The molecule has 0 amide bonds. The zero-order valence-electron chi connectivity index (χ0n) is 14.3. The second kappa shape index (κ2) is 6.64. The van der Waals surface area contributed by atoms with Crippen LogP contribution in [0.25, 0.3) is 0 Å². The summed E-state index contributed by atoms with van der Waals surface area (Å²) in [7, 11) is 0. The van der Waals surface area contributed by atoms with Crippen molar-refractivity contribution in [3.63, 3.8) is 0 Å². The first-order chi connectivity index (χ1) is 12.9. The van der Waals surface area contributed by atoms with Crippen molar-refractivity contribution in [1.29, 1.82) is 0 Å². The molecule has 1 N–H and O–H groups in total. The number of hydrogen-bond donors (Lipinski definition) is 1. The highest BCUT2D eigenvalue weighted by Gasteiger charge is 2.42. The molecule has 140 valence electrons. The van der Waals surface area contributed by atoms with Gasteiger partial charge in [-0.2, -0.15) is 0 Å². The van der Waals surface area contributed by atoms with Gasteiger partial charge in [-0.1, -0.05) is 0 Å². The van der Waals surface area contributed by atoms with E-state index >= 15 is 0 Å². The standard InChI is InChI=1S/C20H17F3N2O2/c21-12-2-4-19(26)16(7-12)20(27)5-6-24-10-15-9-14(24)11-25(15)18-3-1-13(22)8-17(18)23/h1-8,14-15,26H,9-11H2/b6-5+/t14-,15-/m1/s1. The molecule has 0 saturated carbocycles. The maximum Gasteiger partial charge on any atom is 0.191 e. The Kier molecular flexibility index (Phi) is 4.30. The molecule has 0 aromatic heterocycles. The fourth-order valence-electron chi connectivity index (χ4n) is 3.85. The minimum atomic E-state index is -0.607. The molecular weight excluding hydrogens is 357 g/mol. The topological polar surface area (TPSA) is 43.8 Å². The van der Waals surface area contributed by atoms with E-state index in [1.54, 1.807) is 6.20 Å². The van der Waals surface area contributed by atoms with Gasteiger partial charge in [0, 0.05) is 43.5 Å². The molecule has 0 radical (unpaired) electrons. The van der Waals surface area contributed by atoms with Crippen LogP contribution in [0.1, 0.15) is 16.8 Å². The molecule has 2 atom stereocenters. The molecule has 2 fully saturated rings. The second-order valence-corrected chi connectivity index (χ2v) is 6.83. The number of phenols is 1. The molecule has 2 saturated heterocycles. The number of nitrogens with zero attached hydrogens (tertiary/aromatic N) is 2. The lowest BCUT2D eigenvalue weighted by atomic mass is 10.1. The van der Waals surface area contributed by atoms with Crippen molar-refractivity contribution in [2.24, 2.45) is 0 Å². The van der Waals surface area contributed by atoms with Crippen LogP contribution in [-0.2, 0) is 0 Å². The number of rotatable bonds is 4. The van der Waals surface area contributed by atoms with Gasteiger partial charge in [0.15, 0.2) is 5.78 Å². The number of carbonyl (C=O) groups excluding carboxylic acids is 1. The third-order valence-corrected chi connectivity index (χ3v) is 5.14. The van der Waals surface area contributed by atoms with Crippen molar-refractivity contribution in [1.82, 2.24) is 4.90 Å². The number of benzene rings is 2. The Hall–Kier alpha value is -2.96. The van der Waals surface area contributed by atoms with Crippen LogP contribution in [0, 0.1) is 17.5 Å². The van der Waals surface area contributed by atoms with Gasteiger partial charge < -0.3 is 14.9 Å². The van der Waals surface area contributed by atoms with Crippen molar-refractivity contribution in [3.05, 3.63) is 71.7 Å². The third-order valence-electron chi connectivity index (χ3n) is 5.14. The maximum atomic E-state index is 14.0.